The molecule has 0 aliphatic rings. The SMILES string of the molecule is Cc1ccc(Cl)cc1N(Cc1ccc(C(=O)N/N=C\c2ccccc2F)cc1)S(=O)(=O)c1ccccc1. The van der Waals surface area contributed by atoms with Crippen LogP contribution in [-0.2, 0) is 16.6 Å². The highest BCUT2D eigenvalue weighted by Crippen LogP contribution is 2.31. The van der Waals surface area contributed by atoms with E-state index in [1.807, 2.05) is 6.92 Å². The van der Waals surface area contributed by atoms with E-state index >= 15 is 0 Å². The molecule has 0 spiro atoms. The second kappa shape index (κ2) is 11.4. The maximum absolute atomic E-state index is 13.7. The monoisotopic (exact) mass is 535 g/mol. The molecule has 4 rings (SSSR count). The summed E-state index contributed by atoms with van der Waals surface area (Å²) in [5.74, 6) is -0.937. The van der Waals surface area contributed by atoms with E-state index in [2.05, 4.69) is 10.5 Å². The molecule has 0 saturated carbocycles. The normalized spacial score (nSPS) is 11.4. The van der Waals surface area contributed by atoms with Gasteiger partial charge < -0.3 is 0 Å². The molecule has 0 radical (unpaired) electrons. The van der Waals surface area contributed by atoms with Crippen molar-refractivity contribution in [3.05, 3.63) is 130 Å². The van der Waals surface area contributed by atoms with Crippen LogP contribution in [0, 0.1) is 12.7 Å². The van der Waals surface area contributed by atoms with Crippen LogP contribution in [0.1, 0.15) is 27.0 Å². The van der Waals surface area contributed by atoms with Crippen molar-refractivity contribution < 1.29 is 17.6 Å². The number of nitrogens with zero attached hydrogens (tertiary/aromatic N) is 2. The molecule has 0 heterocycles. The van der Waals surface area contributed by atoms with Gasteiger partial charge in [0.15, 0.2) is 0 Å². The van der Waals surface area contributed by atoms with E-state index in [-0.39, 0.29) is 17.0 Å². The van der Waals surface area contributed by atoms with Gasteiger partial charge in [-0.15, -0.1) is 0 Å². The zero-order chi connectivity index (χ0) is 26.4. The van der Waals surface area contributed by atoms with Gasteiger partial charge in [0.2, 0.25) is 0 Å². The number of rotatable bonds is 8. The number of amides is 1. The van der Waals surface area contributed by atoms with Gasteiger partial charge in [0.05, 0.1) is 23.3 Å². The van der Waals surface area contributed by atoms with E-state index in [9.17, 15) is 17.6 Å². The fourth-order valence-electron chi connectivity index (χ4n) is 3.60. The molecule has 0 fully saturated rings. The summed E-state index contributed by atoms with van der Waals surface area (Å²) < 4.78 is 42.2. The quantitative estimate of drug-likeness (QED) is 0.224. The third-order valence-electron chi connectivity index (χ3n) is 5.59. The lowest BCUT2D eigenvalue weighted by molar-refractivity contribution is 0.0955. The fraction of sp³-hybridized carbons (Fsp3) is 0.0714. The number of halogens is 2. The van der Waals surface area contributed by atoms with Crippen LogP contribution in [0.5, 0.6) is 0 Å². The summed E-state index contributed by atoms with van der Waals surface area (Å²) in [7, 11) is -3.91. The van der Waals surface area contributed by atoms with Gasteiger partial charge in [-0.3, -0.25) is 9.10 Å². The number of nitrogens with one attached hydrogen (secondary N) is 1. The Balaban J connectivity index is 1.56. The third-order valence-corrected chi connectivity index (χ3v) is 7.60. The van der Waals surface area contributed by atoms with Crippen LogP contribution in [0.15, 0.2) is 107 Å². The number of hydrazone groups is 1. The Bertz CT molecular complexity index is 1540. The van der Waals surface area contributed by atoms with Crippen LogP contribution in [0.4, 0.5) is 10.1 Å². The van der Waals surface area contributed by atoms with Crippen molar-refractivity contribution in [3.63, 3.8) is 0 Å². The van der Waals surface area contributed by atoms with Gasteiger partial charge in [0, 0.05) is 16.1 Å². The molecule has 9 heteroatoms. The lowest BCUT2D eigenvalue weighted by Crippen LogP contribution is -2.31. The molecule has 6 nitrogen and oxygen atoms in total. The molecule has 0 atom stereocenters. The molecule has 1 amide bonds. The number of carbonyl (C=O) groups excluding carboxylic acids is 1. The van der Waals surface area contributed by atoms with Gasteiger partial charge in [0.25, 0.3) is 15.9 Å². The van der Waals surface area contributed by atoms with Gasteiger partial charge in [0.1, 0.15) is 5.82 Å². The second-order valence-electron chi connectivity index (χ2n) is 8.17. The second-order valence-corrected chi connectivity index (χ2v) is 10.5. The maximum atomic E-state index is 13.7. The lowest BCUT2D eigenvalue weighted by atomic mass is 10.1. The average Bonchev–Trinajstić information content (AvgIpc) is 2.90. The summed E-state index contributed by atoms with van der Waals surface area (Å²) in [4.78, 5) is 12.6. The minimum absolute atomic E-state index is 0.0196. The molecular formula is C28H23ClFN3O3S. The molecule has 4 aromatic carbocycles. The maximum Gasteiger partial charge on any atom is 0.271 e. The molecular weight excluding hydrogens is 513 g/mol. The van der Waals surface area contributed by atoms with Crippen LogP contribution in [0.3, 0.4) is 0 Å². The number of anilines is 1. The number of carbonyl (C=O) groups is 1. The highest BCUT2D eigenvalue weighted by molar-refractivity contribution is 7.92. The largest absolute Gasteiger partial charge is 0.271 e. The summed E-state index contributed by atoms with van der Waals surface area (Å²) in [6.07, 6.45) is 1.22. The van der Waals surface area contributed by atoms with Gasteiger partial charge in [-0.2, -0.15) is 5.10 Å². The van der Waals surface area contributed by atoms with Gasteiger partial charge >= 0.3 is 0 Å². The van der Waals surface area contributed by atoms with Gasteiger partial charge in [-0.05, 0) is 60.5 Å². The van der Waals surface area contributed by atoms with Crippen molar-refractivity contribution in [1.82, 2.24) is 5.43 Å². The summed E-state index contributed by atoms with van der Waals surface area (Å²) in [6, 6.07) is 25.8. The van der Waals surface area contributed by atoms with Crippen LogP contribution >= 0.6 is 11.6 Å². The Labute approximate surface area is 220 Å². The fourth-order valence-corrected chi connectivity index (χ4v) is 5.30. The van der Waals surface area contributed by atoms with Crippen molar-refractivity contribution in [1.29, 1.82) is 0 Å². The van der Waals surface area contributed by atoms with Crippen molar-refractivity contribution in [2.75, 3.05) is 4.31 Å². The van der Waals surface area contributed by atoms with Crippen LogP contribution in [-0.4, -0.2) is 20.5 Å². The smallest absolute Gasteiger partial charge is 0.267 e. The molecule has 0 unspecified atom stereocenters. The number of aryl methyl sites for hydroxylation is 1. The Morgan fingerprint density at radius 2 is 1.65 bits per heavy atom. The van der Waals surface area contributed by atoms with E-state index in [4.69, 9.17) is 11.6 Å². The van der Waals surface area contributed by atoms with Crippen molar-refractivity contribution in [2.45, 2.75) is 18.4 Å². The minimum Gasteiger partial charge on any atom is -0.267 e. The van der Waals surface area contributed by atoms with E-state index in [1.54, 1.807) is 72.8 Å². The Morgan fingerprint density at radius 3 is 2.35 bits per heavy atom. The average molecular weight is 536 g/mol. The van der Waals surface area contributed by atoms with Gasteiger partial charge in [-0.1, -0.05) is 66.2 Å². The number of sulfonamides is 1. The molecule has 4 aromatic rings. The highest BCUT2D eigenvalue weighted by atomic mass is 35.5. The first-order valence-corrected chi connectivity index (χ1v) is 13.1. The molecule has 0 aliphatic heterocycles. The first-order chi connectivity index (χ1) is 17.8. The van der Waals surface area contributed by atoms with Crippen molar-refractivity contribution >= 4 is 39.4 Å². The Kier molecular flexibility index (Phi) is 8.01. The number of benzene rings is 4. The predicted molar refractivity (Wildman–Crippen MR) is 144 cm³/mol. The summed E-state index contributed by atoms with van der Waals surface area (Å²) in [5, 5.41) is 4.22. The summed E-state index contributed by atoms with van der Waals surface area (Å²) in [5.41, 5.74) is 4.78. The number of hydrogen-bond donors (Lipinski definition) is 1. The molecule has 0 aromatic heterocycles. The summed E-state index contributed by atoms with van der Waals surface area (Å²) >= 11 is 6.21. The Hall–Kier alpha value is -4.01. The van der Waals surface area contributed by atoms with E-state index in [1.165, 1.54) is 34.8 Å². The summed E-state index contributed by atoms with van der Waals surface area (Å²) in [6.45, 7) is 1.83. The molecule has 37 heavy (non-hydrogen) atoms. The Morgan fingerprint density at radius 1 is 0.973 bits per heavy atom. The molecule has 0 bridgehead atoms. The first kappa shape index (κ1) is 26.1. The predicted octanol–water partition coefficient (Wildman–Crippen LogP) is 5.95. The molecule has 0 aliphatic carbocycles. The van der Waals surface area contributed by atoms with Crippen LogP contribution < -0.4 is 9.73 Å². The van der Waals surface area contributed by atoms with Crippen molar-refractivity contribution in [2.24, 2.45) is 5.10 Å². The third kappa shape index (κ3) is 6.22. The molecule has 0 saturated heterocycles. The van der Waals surface area contributed by atoms with E-state index < -0.39 is 21.7 Å². The van der Waals surface area contributed by atoms with E-state index in [0.29, 0.717) is 21.8 Å². The standard InChI is InChI=1S/C28H23ClFN3O3S/c1-20-11-16-24(29)17-27(20)33(37(35,36)25-8-3-2-4-9-25)19-21-12-14-22(15-13-21)28(34)32-31-18-23-7-5-6-10-26(23)30/h2-18H,19H2,1H3,(H,32,34)/b31-18-. The van der Waals surface area contributed by atoms with Crippen LogP contribution in [0.25, 0.3) is 0 Å². The molecule has 188 valence electrons. The topological polar surface area (TPSA) is 78.8 Å². The van der Waals surface area contributed by atoms with Crippen LogP contribution in [0.2, 0.25) is 5.02 Å². The zero-order valence-electron chi connectivity index (χ0n) is 19.8. The number of hydrogen-bond acceptors (Lipinski definition) is 4. The minimum atomic E-state index is -3.91. The lowest BCUT2D eigenvalue weighted by Gasteiger charge is -2.26. The van der Waals surface area contributed by atoms with E-state index in [0.717, 1.165) is 5.56 Å². The van der Waals surface area contributed by atoms with Gasteiger partial charge in [-0.25, -0.2) is 18.2 Å². The zero-order valence-corrected chi connectivity index (χ0v) is 21.4. The molecule has 1 N–H and O–H groups in total. The first-order valence-electron chi connectivity index (χ1n) is 11.3. The highest BCUT2D eigenvalue weighted by Gasteiger charge is 2.26. The van der Waals surface area contributed by atoms with Crippen molar-refractivity contribution in [3.8, 4) is 0 Å².